The standard InChI is InChI=1S/C49H32O/c1-48(33-15-3-2-4-16-33)41-23-11-12-25-45(41)50-47-35(20-13-24-43(47)48)32-26-28-38-44(30-32)49(42-29-27-31-14-5-6-17-34(31)46(38)42)39-21-9-7-18-36(39)37-19-8-10-22-40(37)49/h2-30H,1H3. The molecule has 0 radical (unpaired) electrons. The SMILES string of the molecule is CC1(c2ccccc2)c2ccccc2Oc2c(-c3ccc4c(c3)C3(c5ccccc5-c5ccccc53)c3ccc5ccccc5c3-4)cccc21. The molecule has 1 spiro atoms. The van der Waals surface area contributed by atoms with Crippen molar-refractivity contribution in [2.45, 2.75) is 17.8 Å². The van der Waals surface area contributed by atoms with Crippen molar-refractivity contribution in [2.75, 3.05) is 0 Å². The minimum Gasteiger partial charge on any atom is -0.456 e. The number of ether oxygens (including phenoxy) is 1. The minimum absolute atomic E-state index is 0.377. The number of rotatable bonds is 2. The van der Waals surface area contributed by atoms with Gasteiger partial charge in [-0.1, -0.05) is 164 Å². The molecule has 50 heavy (non-hydrogen) atoms. The Morgan fingerprint density at radius 2 is 1.06 bits per heavy atom. The molecule has 11 rings (SSSR count). The summed E-state index contributed by atoms with van der Waals surface area (Å²) in [6.07, 6.45) is 0. The van der Waals surface area contributed by atoms with Gasteiger partial charge in [0.1, 0.15) is 11.5 Å². The maximum atomic E-state index is 6.95. The van der Waals surface area contributed by atoms with Crippen molar-refractivity contribution < 1.29 is 4.74 Å². The number of hydrogen-bond donors (Lipinski definition) is 0. The van der Waals surface area contributed by atoms with Gasteiger partial charge in [-0.15, -0.1) is 0 Å². The monoisotopic (exact) mass is 636 g/mol. The third-order valence-corrected chi connectivity index (χ3v) is 11.8. The lowest BCUT2D eigenvalue weighted by molar-refractivity contribution is 0.429. The summed E-state index contributed by atoms with van der Waals surface area (Å²) < 4.78 is 6.95. The third-order valence-electron chi connectivity index (χ3n) is 11.8. The van der Waals surface area contributed by atoms with Gasteiger partial charge in [0.2, 0.25) is 0 Å². The molecular weight excluding hydrogens is 605 g/mol. The Balaban J connectivity index is 1.21. The average Bonchev–Trinajstić information content (AvgIpc) is 3.65. The van der Waals surface area contributed by atoms with E-state index in [0.29, 0.717) is 0 Å². The predicted molar refractivity (Wildman–Crippen MR) is 204 cm³/mol. The number of hydrogen-bond acceptors (Lipinski definition) is 1. The second-order valence-electron chi connectivity index (χ2n) is 14.1. The quantitative estimate of drug-likeness (QED) is 0.183. The molecule has 0 saturated heterocycles. The lowest BCUT2D eigenvalue weighted by atomic mass is 9.68. The van der Waals surface area contributed by atoms with Crippen LogP contribution in [0.5, 0.6) is 11.5 Å². The first-order chi connectivity index (χ1) is 24.7. The molecule has 0 bridgehead atoms. The zero-order valence-electron chi connectivity index (χ0n) is 27.7. The van der Waals surface area contributed by atoms with Crippen molar-refractivity contribution in [1.29, 1.82) is 0 Å². The number of benzene rings is 8. The van der Waals surface area contributed by atoms with Crippen LogP contribution in [0.25, 0.3) is 44.2 Å². The molecule has 2 aliphatic carbocycles. The largest absolute Gasteiger partial charge is 0.456 e. The molecule has 3 aliphatic rings. The van der Waals surface area contributed by atoms with Gasteiger partial charge >= 0.3 is 0 Å². The van der Waals surface area contributed by atoms with E-state index in [1.165, 1.54) is 72.0 Å². The normalized spacial score (nSPS) is 16.9. The number of fused-ring (bicyclic) bond motifs is 14. The van der Waals surface area contributed by atoms with Crippen molar-refractivity contribution in [3.05, 3.63) is 215 Å². The van der Waals surface area contributed by atoms with E-state index in [4.69, 9.17) is 4.74 Å². The summed E-state index contributed by atoms with van der Waals surface area (Å²) in [5.41, 5.74) is 15.8. The summed E-state index contributed by atoms with van der Waals surface area (Å²) in [5.74, 6) is 1.84. The highest BCUT2D eigenvalue weighted by Crippen LogP contribution is 2.64. The van der Waals surface area contributed by atoms with Crippen LogP contribution in [-0.2, 0) is 10.8 Å². The van der Waals surface area contributed by atoms with E-state index in [2.05, 4.69) is 183 Å². The first kappa shape index (κ1) is 27.7. The molecule has 1 atom stereocenters. The molecular formula is C49H32O. The highest BCUT2D eigenvalue weighted by molar-refractivity contribution is 6.06. The van der Waals surface area contributed by atoms with E-state index in [1.807, 2.05) is 0 Å². The van der Waals surface area contributed by atoms with Gasteiger partial charge in [0.05, 0.1) is 5.41 Å². The van der Waals surface area contributed by atoms with E-state index in [0.717, 1.165) is 22.6 Å². The van der Waals surface area contributed by atoms with Gasteiger partial charge in [0.15, 0.2) is 0 Å². The van der Waals surface area contributed by atoms with Crippen LogP contribution in [0.3, 0.4) is 0 Å². The van der Waals surface area contributed by atoms with Crippen LogP contribution < -0.4 is 4.74 Å². The van der Waals surface area contributed by atoms with Crippen molar-refractivity contribution in [3.8, 4) is 44.9 Å². The van der Waals surface area contributed by atoms with Crippen LogP contribution in [0.1, 0.15) is 45.9 Å². The van der Waals surface area contributed by atoms with E-state index in [1.54, 1.807) is 0 Å². The van der Waals surface area contributed by atoms with Gasteiger partial charge in [-0.3, -0.25) is 0 Å². The van der Waals surface area contributed by atoms with Crippen LogP contribution in [0.15, 0.2) is 176 Å². The Kier molecular flexibility index (Phi) is 5.51. The van der Waals surface area contributed by atoms with E-state index in [9.17, 15) is 0 Å². The van der Waals surface area contributed by atoms with Crippen molar-refractivity contribution >= 4 is 10.8 Å². The Hall–Kier alpha value is -6.18. The summed E-state index contributed by atoms with van der Waals surface area (Å²) >= 11 is 0. The molecule has 0 N–H and O–H groups in total. The second kappa shape index (κ2) is 9.94. The molecule has 0 fully saturated rings. The van der Waals surface area contributed by atoms with Crippen molar-refractivity contribution in [2.24, 2.45) is 0 Å². The maximum absolute atomic E-state index is 6.95. The van der Waals surface area contributed by atoms with Gasteiger partial charge in [-0.05, 0) is 85.5 Å². The zero-order chi connectivity index (χ0) is 33.0. The fourth-order valence-corrected chi connectivity index (χ4v) is 9.65. The van der Waals surface area contributed by atoms with Crippen LogP contribution in [0.2, 0.25) is 0 Å². The summed E-state index contributed by atoms with van der Waals surface area (Å²) in [7, 11) is 0. The van der Waals surface area contributed by atoms with Gasteiger partial charge < -0.3 is 4.74 Å². The molecule has 0 aromatic heterocycles. The third kappa shape index (κ3) is 3.37. The Morgan fingerprint density at radius 3 is 1.86 bits per heavy atom. The lowest BCUT2D eigenvalue weighted by Gasteiger charge is -2.39. The fourth-order valence-electron chi connectivity index (χ4n) is 9.65. The van der Waals surface area contributed by atoms with Crippen LogP contribution in [-0.4, -0.2) is 0 Å². The summed E-state index contributed by atoms with van der Waals surface area (Å²) in [5, 5.41) is 2.57. The van der Waals surface area contributed by atoms with Crippen molar-refractivity contribution in [1.82, 2.24) is 0 Å². The van der Waals surface area contributed by atoms with Crippen LogP contribution >= 0.6 is 0 Å². The van der Waals surface area contributed by atoms with Crippen LogP contribution in [0, 0.1) is 0 Å². The van der Waals surface area contributed by atoms with Crippen LogP contribution in [0.4, 0.5) is 0 Å². The Morgan fingerprint density at radius 1 is 0.420 bits per heavy atom. The predicted octanol–water partition coefficient (Wildman–Crippen LogP) is 12.3. The molecule has 1 heterocycles. The van der Waals surface area contributed by atoms with Gasteiger partial charge in [-0.25, -0.2) is 0 Å². The second-order valence-corrected chi connectivity index (χ2v) is 14.1. The summed E-state index contributed by atoms with van der Waals surface area (Å²) in [4.78, 5) is 0. The lowest BCUT2D eigenvalue weighted by Crippen LogP contribution is -2.29. The topological polar surface area (TPSA) is 9.23 Å². The molecule has 1 heteroatoms. The smallest absolute Gasteiger partial charge is 0.139 e. The molecule has 8 aromatic carbocycles. The van der Waals surface area contributed by atoms with E-state index < -0.39 is 5.41 Å². The highest BCUT2D eigenvalue weighted by atomic mass is 16.5. The van der Waals surface area contributed by atoms with Crippen molar-refractivity contribution in [3.63, 3.8) is 0 Å². The molecule has 8 aromatic rings. The first-order valence-electron chi connectivity index (χ1n) is 17.5. The number of para-hydroxylation sites is 2. The van der Waals surface area contributed by atoms with Gasteiger partial charge in [-0.2, -0.15) is 0 Å². The molecule has 0 saturated carbocycles. The van der Waals surface area contributed by atoms with E-state index in [-0.39, 0.29) is 5.41 Å². The van der Waals surface area contributed by atoms with Gasteiger partial charge in [0.25, 0.3) is 0 Å². The zero-order valence-corrected chi connectivity index (χ0v) is 27.7. The molecule has 1 nitrogen and oxygen atoms in total. The molecule has 1 aliphatic heterocycles. The van der Waals surface area contributed by atoms with E-state index >= 15 is 0 Å². The fraction of sp³-hybridized carbons (Fsp3) is 0.0612. The Labute approximate surface area is 292 Å². The minimum atomic E-state index is -0.432. The Bertz CT molecular complexity index is 2660. The molecule has 0 amide bonds. The molecule has 1 unspecified atom stereocenters. The average molecular weight is 637 g/mol. The summed E-state index contributed by atoms with van der Waals surface area (Å²) in [6.45, 7) is 2.35. The maximum Gasteiger partial charge on any atom is 0.139 e. The van der Waals surface area contributed by atoms with Gasteiger partial charge in [0, 0.05) is 22.1 Å². The summed E-state index contributed by atoms with van der Waals surface area (Å²) in [6, 6.07) is 64.9. The highest BCUT2D eigenvalue weighted by Gasteiger charge is 2.52. The first-order valence-corrected chi connectivity index (χ1v) is 17.5. The molecule has 234 valence electrons.